The van der Waals surface area contributed by atoms with Crippen LogP contribution in [0.2, 0.25) is 0 Å². The molecular formula is C26H27N3O4. The molecule has 1 aromatic heterocycles. The van der Waals surface area contributed by atoms with Crippen LogP contribution in [0.1, 0.15) is 36.3 Å². The van der Waals surface area contributed by atoms with Gasteiger partial charge in [0.25, 0.3) is 5.89 Å². The lowest BCUT2D eigenvalue weighted by atomic mass is 9.65. The van der Waals surface area contributed by atoms with E-state index in [0.29, 0.717) is 24.8 Å². The Morgan fingerprint density at radius 1 is 1.12 bits per heavy atom. The van der Waals surface area contributed by atoms with Crippen LogP contribution in [0.4, 0.5) is 4.79 Å². The number of rotatable bonds is 8. The third-order valence-corrected chi connectivity index (χ3v) is 6.58. The molecule has 5 rings (SSSR count). The number of aromatic nitrogens is 2. The molecular weight excluding hydrogens is 418 g/mol. The minimum absolute atomic E-state index is 0.184. The molecule has 1 N–H and O–H groups in total. The van der Waals surface area contributed by atoms with Gasteiger partial charge < -0.3 is 14.4 Å². The van der Waals surface area contributed by atoms with E-state index in [4.69, 9.17) is 14.4 Å². The molecule has 3 aromatic rings. The highest BCUT2D eigenvalue weighted by atomic mass is 16.7. The standard InChI is InChI=1S/C26H27N3O4/c30-25(31)32-22-17-29(18-22)16-20-7-9-21(10-8-20)24-27-23(33-28-24)11-14-26(12-4-13-26)15-19-5-2-1-3-6-19/h1-3,5-11,14,22H,4,12-13,15-18H2,(H,30,31)/b14-11+. The molecule has 2 aliphatic rings. The number of hydrogen-bond donors (Lipinski definition) is 1. The summed E-state index contributed by atoms with van der Waals surface area (Å²) in [6.45, 7) is 2.00. The van der Waals surface area contributed by atoms with Crippen LogP contribution in [0, 0.1) is 5.41 Å². The normalized spacial score (nSPS) is 18.1. The molecule has 1 saturated carbocycles. The van der Waals surface area contributed by atoms with Crippen LogP contribution < -0.4 is 0 Å². The number of carboxylic acid groups (broad SMARTS) is 1. The smallest absolute Gasteiger partial charge is 0.450 e. The second-order valence-corrected chi connectivity index (χ2v) is 9.06. The average molecular weight is 446 g/mol. The van der Waals surface area contributed by atoms with Gasteiger partial charge in [-0.25, -0.2) is 4.79 Å². The summed E-state index contributed by atoms with van der Waals surface area (Å²) < 4.78 is 10.2. The van der Waals surface area contributed by atoms with E-state index in [1.54, 1.807) is 0 Å². The van der Waals surface area contributed by atoms with Gasteiger partial charge in [-0.3, -0.25) is 4.90 Å². The molecule has 1 aliphatic heterocycles. The minimum Gasteiger partial charge on any atom is -0.450 e. The molecule has 0 radical (unpaired) electrons. The first-order valence-electron chi connectivity index (χ1n) is 11.4. The van der Waals surface area contributed by atoms with Crippen molar-refractivity contribution in [3.05, 3.63) is 77.7 Å². The van der Waals surface area contributed by atoms with Crippen LogP contribution in [-0.2, 0) is 17.7 Å². The molecule has 170 valence electrons. The van der Waals surface area contributed by atoms with Gasteiger partial charge in [0, 0.05) is 25.2 Å². The summed E-state index contributed by atoms with van der Waals surface area (Å²) >= 11 is 0. The molecule has 1 saturated heterocycles. The second kappa shape index (κ2) is 9.19. The Bertz CT molecular complexity index is 1110. The predicted molar refractivity (Wildman–Crippen MR) is 123 cm³/mol. The maximum absolute atomic E-state index is 10.6. The lowest BCUT2D eigenvalue weighted by molar-refractivity contribution is -0.0363. The molecule has 2 fully saturated rings. The molecule has 1 aliphatic carbocycles. The van der Waals surface area contributed by atoms with Crippen LogP contribution in [-0.4, -0.2) is 45.5 Å². The Balaban J connectivity index is 1.18. The van der Waals surface area contributed by atoms with Crippen molar-refractivity contribution < 1.29 is 19.2 Å². The summed E-state index contributed by atoms with van der Waals surface area (Å²) in [5.74, 6) is 1.10. The first kappa shape index (κ1) is 21.4. The third kappa shape index (κ3) is 5.14. The summed E-state index contributed by atoms with van der Waals surface area (Å²) in [4.78, 5) is 17.3. The lowest BCUT2D eigenvalue weighted by Crippen LogP contribution is -2.52. The fourth-order valence-corrected chi connectivity index (χ4v) is 4.59. The van der Waals surface area contributed by atoms with Gasteiger partial charge in [0.2, 0.25) is 5.82 Å². The van der Waals surface area contributed by atoms with Gasteiger partial charge in [-0.05, 0) is 41.9 Å². The van der Waals surface area contributed by atoms with Crippen LogP contribution in [0.25, 0.3) is 17.5 Å². The highest BCUT2D eigenvalue weighted by molar-refractivity contribution is 5.57. The van der Waals surface area contributed by atoms with Crippen LogP contribution in [0.15, 0.2) is 65.2 Å². The summed E-state index contributed by atoms with van der Waals surface area (Å²) in [5.41, 5.74) is 3.59. The van der Waals surface area contributed by atoms with Gasteiger partial charge >= 0.3 is 6.16 Å². The van der Waals surface area contributed by atoms with Crippen LogP contribution in [0.5, 0.6) is 0 Å². The van der Waals surface area contributed by atoms with E-state index in [2.05, 4.69) is 51.4 Å². The minimum atomic E-state index is -1.21. The van der Waals surface area contributed by atoms with E-state index in [0.717, 1.165) is 24.1 Å². The Kier molecular flexibility index (Phi) is 5.96. The van der Waals surface area contributed by atoms with Gasteiger partial charge in [0.15, 0.2) is 0 Å². The summed E-state index contributed by atoms with van der Waals surface area (Å²) in [6, 6.07) is 18.7. The maximum Gasteiger partial charge on any atom is 0.506 e. The number of carbonyl (C=O) groups is 1. The topological polar surface area (TPSA) is 88.7 Å². The number of ether oxygens (including phenoxy) is 1. The van der Waals surface area contributed by atoms with Crippen molar-refractivity contribution in [3.8, 4) is 11.4 Å². The summed E-state index contributed by atoms with van der Waals surface area (Å²) in [7, 11) is 0. The van der Waals surface area contributed by atoms with Gasteiger partial charge in [-0.1, -0.05) is 72.3 Å². The quantitative estimate of drug-likeness (QED) is 0.486. The Hall–Kier alpha value is -3.45. The average Bonchev–Trinajstić information content (AvgIpc) is 3.24. The predicted octanol–water partition coefficient (Wildman–Crippen LogP) is 5.04. The van der Waals surface area contributed by atoms with E-state index < -0.39 is 6.16 Å². The molecule has 0 atom stereocenters. The molecule has 2 aromatic carbocycles. The zero-order valence-corrected chi connectivity index (χ0v) is 18.4. The first-order chi connectivity index (χ1) is 16.1. The molecule has 0 unspecified atom stereocenters. The number of hydrogen-bond acceptors (Lipinski definition) is 6. The SMILES string of the molecule is O=C(O)OC1CN(Cc2ccc(-c3noc(/C=C/C4(Cc5ccccc5)CCC4)n3)cc2)C1. The third-order valence-electron chi connectivity index (χ3n) is 6.58. The zero-order chi connectivity index (χ0) is 22.7. The molecule has 2 heterocycles. The van der Waals surface area contributed by atoms with E-state index in [9.17, 15) is 4.79 Å². The van der Waals surface area contributed by atoms with Gasteiger partial charge in [0.1, 0.15) is 6.10 Å². The van der Waals surface area contributed by atoms with Gasteiger partial charge in [-0.2, -0.15) is 4.98 Å². The monoisotopic (exact) mass is 445 g/mol. The van der Waals surface area contributed by atoms with Crippen molar-refractivity contribution in [1.82, 2.24) is 15.0 Å². The van der Waals surface area contributed by atoms with Crippen molar-refractivity contribution in [1.29, 1.82) is 0 Å². The van der Waals surface area contributed by atoms with Crippen molar-refractivity contribution in [3.63, 3.8) is 0 Å². The van der Waals surface area contributed by atoms with E-state index >= 15 is 0 Å². The molecule has 0 bridgehead atoms. The molecule has 33 heavy (non-hydrogen) atoms. The summed E-state index contributed by atoms with van der Waals surface area (Å²) in [6.07, 6.45) is 7.43. The number of allylic oxidation sites excluding steroid dienone is 1. The Labute approximate surface area is 192 Å². The van der Waals surface area contributed by atoms with E-state index in [1.807, 2.05) is 30.3 Å². The lowest BCUT2D eigenvalue weighted by Gasteiger charge is -2.39. The number of benzene rings is 2. The molecule has 7 heteroatoms. The fourth-order valence-electron chi connectivity index (χ4n) is 4.59. The maximum atomic E-state index is 10.6. The van der Waals surface area contributed by atoms with Crippen molar-refractivity contribution >= 4 is 12.2 Å². The van der Waals surface area contributed by atoms with Crippen molar-refractivity contribution in [2.75, 3.05) is 13.1 Å². The largest absolute Gasteiger partial charge is 0.506 e. The van der Waals surface area contributed by atoms with E-state index in [1.165, 1.54) is 24.8 Å². The molecule has 0 spiro atoms. The molecule has 7 nitrogen and oxygen atoms in total. The first-order valence-corrected chi connectivity index (χ1v) is 11.4. The second-order valence-electron chi connectivity index (χ2n) is 9.06. The van der Waals surface area contributed by atoms with Crippen molar-refractivity contribution in [2.24, 2.45) is 5.41 Å². The zero-order valence-electron chi connectivity index (χ0n) is 18.4. The molecule has 0 amide bonds. The van der Waals surface area contributed by atoms with Crippen LogP contribution >= 0.6 is 0 Å². The highest BCUT2D eigenvalue weighted by Crippen LogP contribution is 2.45. The Morgan fingerprint density at radius 2 is 1.88 bits per heavy atom. The van der Waals surface area contributed by atoms with Crippen molar-refractivity contribution in [2.45, 2.75) is 38.3 Å². The van der Waals surface area contributed by atoms with Gasteiger partial charge in [0.05, 0.1) is 0 Å². The van der Waals surface area contributed by atoms with E-state index in [-0.39, 0.29) is 11.5 Å². The highest BCUT2D eigenvalue weighted by Gasteiger charge is 2.34. The summed E-state index contributed by atoms with van der Waals surface area (Å²) in [5, 5.41) is 12.8. The van der Waals surface area contributed by atoms with Crippen LogP contribution in [0.3, 0.4) is 0 Å². The number of nitrogens with zero attached hydrogens (tertiary/aromatic N) is 3. The van der Waals surface area contributed by atoms with Gasteiger partial charge in [-0.15, -0.1) is 0 Å². The Morgan fingerprint density at radius 3 is 2.55 bits per heavy atom. The fraction of sp³-hybridized carbons (Fsp3) is 0.346. The number of likely N-dealkylation sites (tertiary alicyclic amines) is 1.